The third kappa shape index (κ3) is 6.70. The Morgan fingerprint density at radius 1 is 0.941 bits per heavy atom. The zero-order valence-corrected chi connectivity index (χ0v) is 20.5. The number of benzene rings is 3. The van der Waals surface area contributed by atoms with Crippen LogP contribution in [0.25, 0.3) is 0 Å². The fourth-order valence-corrected chi connectivity index (χ4v) is 4.07. The number of ether oxygens (including phenoxy) is 1. The van der Waals surface area contributed by atoms with Crippen molar-refractivity contribution in [1.82, 2.24) is 10.2 Å². The molecule has 0 bridgehead atoms. The van der Waals surface area contributed by atoms with Gasteiger partial charge in [-0.15, -0.1) is 0 Å². The first-order valence-corrected chi connectivity index (χ1v) is 11.7. The molecule has 0 aromatic heterocycles. The van der Waals surface area contributed by atoms with Crippen LogP contribution >= 0.6 is 0 Å². The molecule has 1 atom stereocenters. The van der Waals surface area contributed by atoms with Gasteiger partial charge in [0.05, 0.1) is 13.5 Å². The highest BCUT2D eigenvalue weighted by molar-refractivity contribution is 5.89. The molecule has 5 nitrogen and oxygen atoms in total. The minimum absolute atomic E-state index is 0.0799. The normalized spacial score (nSPS) is 11.5. The molecule has 178 valence electrons. The van der Waals surface area contributed by atoms with E-state index in [0.717, 1.165) is 33.6 Å². The third-order valence-corrected chi connectivity index (χ3v) is 5.96. The molecule has 0 spiro atoms. The van der Waals surface area contributed by atoms with E-state index in [4.69, 9.17) is 4.74 Å². The smallest absolute Gasteiger partial charge is 0.243 e. The number of hydrogen-bond acceptors (Lipinski definition) is 3. The molecule has 1 unspecified atom stereocenters. The van der Waals surface area contributed by atoms with E-state index in [1.165, 1.54) is 0 Å². The van der Waals surface area contributed by atoms with Crippen molar-refractivity contribution < 1.29 is 14.3 Å². The van der Waals surface area contributed by atoms with Gasteiger partial charge in [0.2, 0.25) is 11.8 Å². The molecule has 5 heteroatoms. The lowest BCUT2D eigenvalue weighted by atomic mass is 9.99. The van der Waals surface area contributed by atoms with Gasteiger partial charge in [-0.2, -0.15) is 0 Å². The van der Waals surface area contributed by atoms with Crippen LogP contribution in [0.2, 0.25) is 0 Å². The summed E-state index contributed by atoms with van der Waals surface area (Å²) in [7, 11) is 1.62. The van der Waals surface area contributed by atoms with E-state index in [9.17, 15) is 9.59 Å². The van der Waals surface area contributed by atoms with Crippen LogP contribution in [-0.4, -0.2) is 36.4 Å². The summed E-state index contributed by atoms with van der Waals surface area (Å²) in [5.41, 5.74) is 5.08. The van der Waals surface area contributed by atoms with E-state index in [2.05, 4.69) is 11.4 Å². The largest absolute Gasteiger partial charge is 0.497 e. The number of amides is 2. The van der Waals surface area contributed by atoms with Crippen LogP contribution in [0, 0.1) is 13.8 Å². The molecule has 3 rings (SSSR count). The Hall–Kier alpha value is -3.60. The van der Waals surface area contributed by atoms with E-state index in [0.29, 0.717) is 19.5 Å². The zero-order valence-electron chi connectivity index (χ0n) is 20.5. The van der Waals surface area contributed by atoms with Crippen molar-refractivity contribution in [2.45, 2.75) is 46.2 Å². The molecule has 0 fully saturated rings. The quantitative estimate of drug-likeness (QED) is 0.482. The lowest BCUT2D eigenvalue weighted by molar-refractivity contribution is -0.140. The van der Waals surface area contributed by atoms with E-state index < -0.39 is 6.04 Å². The number of carbonyl (C=O) groups is 2. The highest BCUT2D eigenvalue weighted by atomic mass is 16.5. The number of hydrogen-bond donors (Lipinski definition) is 1. The predicted octanol–water partition coefficient (Wildman–Crippen LogP) is 4.63. The number of nitrogens with zero attached hydrogens (tertiary/aromatic N) is 1. The van der Waals surface area contributed by atoms with Gasteiger partial charge in [-0.05, 0) is 55.2 Å². The summed E-state index contributed by atoms with van der Waals surface area (Å²) in [5.74, 6) is 0.490. The van der Waals surface area contributed by atoms with E-state index in [1.54, 1.807) is 12.0 Å². The van der Waals surface area contributed by atoms with Crippen LogP contribution in [0.15, 0.2) is 72.8 Å². The molecule has 0 radical (unpaired) electrons. The summed E-state index contributed by atoms with van der Waals surface area (Å²) in [6.45, 7) is 6.74. The predicted molar refractivity (Wildman–Crippen MR) is 136 cm³/mol. The van der Waals surface area contributed by atoms with Crippen LogP contribution < -0.4 is 10.1 Å². The SMILES string of the molecule is CCNC(=O)C(Cc1ccccc1)N(Cc1cccc(OC)c1)C(=O)Cc1cc(C)ccc1C. The molecule has 3 aromatic carbocycles. The van der Waals surface area contributed by atoms with Gasteiger partial charge in [0.25, 0.3) is 0 Å². The Labute approximate surface area is 202 Å². The van der Waals surface area contributed by atoms with Crippen LogP contribution in [0.4, 0.5) is 0 Å². The number of rotatable bonds is 10. The fraction of sp³-hybridized carbons (Fsp3) is 0.310. The van der Waals surface area contributed by atoms with Crippen molar-refractivity contribution in [3.8, 4) is 5.75 Å². The fourth-order valence-electron chi connectivity index (χ4n) is 4.07. The molecule has 0 aliphatic heterocycles. The first kappa shape index (κ1) is 25.0. The highest BCUT2D eigenvalue weighted by Crippen LogP contribution is 2.20. The second-order valence-corrected chi connectivity index (χ2v) is 8.58. The number of aryl methyl sites for hydroxylation is 2. The molecule has 0 saturated heterocycles. The van der Waals surface area contributed by atoms with Crippen LogP contribution in [0.5, 0.6) is 5.75 Å². The Morgan fingerprint density at radius 2 is 1.68 bits per heavy atom. The molecule has 3 aromatic rings. The average molecular weight is 459 g/mol. The molecule has 0 heterocycles. The second kappa shape index (κ2) is 12.0. The van der Waals surface area contributed by atoms with Crippen molar-refractivity contribution in [2.75, 3.05) is 13.7 Å². The molecule has 2 amide bonds. The molecule has 34 heavy (non-hydrogen) atoms. The maximum absolute atomic E-state index is 13.8. The maximum atomic E-state index is 13.8. The first-order chi connectivity index (χ1) is 16.4. The lowest BCUT2D eigenvalue weighted by Gasteiger charge is -2.32. The van der Waals surface area contributed by atoms with Crippen LogP contribution in [-0.2, 0) is 29.0 Å². The van der Waals surface area contributed by atoms with Gasteiger partial charge in [0, 0.05) is 19.5 Å². The summed E-state index contributed by atoms with van der Waals surface area (Å²) < 4.78 is 5.38. The van der Waals surface area contributed by atoms with Gasteiger partial charge in [-0.3, -0.25) is 9.59 Å². The van der Waals surface area contributed by atoms with Gasteiger partial charge in [0.15, 0.2) is 0 Å². The lowest BCUT2D eigenvalue weighted by Crippen LogP contribution is -2.51. The molecular weight excluding hydrogens is 424 g/mol. The van der Waals surface area contributed by atoms with E-state index in [-0.39, 0.29) is 18.2 Å². The van der Waals surface area contributed by atoms with E-state index >= 15 is 0 Å². The van der Waals surface area contributed by atoms with Crippen LogP contribution in [0.1, 0.15) is 34.7 Å². The van der Waals surface area contributed by atoms with Gasteiger partial charge < -0.3 is 15.0 Å². The second-order valence-electron chi connectivity index (χ2n) is 8.58. The van der Waals surface area contributed by atoms with Crippen molar-refractivity contribution >= 4 is 11.8 Å². The molecule has 0 aliphatic carbocycles. The van der Waals surface area contributed by atoms with Gasteiger partial charge in [-0.25, -0.2) is 0 Å². The van der Waals surface area contributed by atoms with Gasteiger partial charge in [-0.1, -0.05) is 66.2 Å². The maximum Gasteiger partial charge on any atom is 0.243 e. The first-order valence-electron chi connectivity index (χ1n) is 11.7. The number of likely N-dealkylation sites (N-methyl/N-ethyl adjacent to an activating group) is 1. The molecule has 0 saturated carbocycles. The van der Waals surface area contributed by atoms with Crippen molar-refractivity contribution in [2.24, 2.45) is 0 Å². The Bertz CT molecular complexity index is 1110. The summed E-state index contributed by atoms with van der Waals surface area (Å²) in [4.78, 5) is 28.8. The Kier molecular flexibility index (Phi) is 8.86. The third-order valence-electron chi connectivity index (χ3n) is 5.96. The summed E-state index contributed by atoms with van der Waals surface area (Å²) in [6.07, 6.45) is 0.678. The van der Waals surface area contributed by atoms with Crippen molar-refractivity contribution in [3.63, 3.8) is 0 Å². The number of nitrogens with one attached hydrogen (secondary N) is 1. The highest BCUT2D eigenvalue weighted by Gasteiger charge is 2.30. The molecule has 1 N–H and O–H groups in total. The van der Waals surface area contributed by atoms with Gasteiger partial charge in [0.1, 0.15) is 11.8 Å². The minimum atomic E-state index is -0.633. The molecule has 0 aliphatic rings. The molecular formula is C29H34N2O3. The Balaban J connectivity index is 1.99. The topological polar surface area (TPSA) is 58.6 Å². The Morgan fingerprint density at radius 3 is 2.38 bits per heavy atom. The average Bonchev–Trinajstić information content (AvgIpc) is 2.84. The number of carbonyl (C=O) groups excluding carboxylic acids is 2. The van der Waals surface area contributed by atoms with E-state index in [1.807, 2.05) is 87.5 Å². The standard InChI is InChI=1S/C29H34N2O3/c1-5-30-29(33)27(18-23-10-7-6-8-11-23)31(20-24-12-9-13-26(17-24)34-4)28(32)19-25-16-21(2)14-15-22(25)3/h6-17,27H,5,18-20H2,1-4H3,(H,30,33). The zero-order chi connectivity index (χ0) is 24.5. The summed E-state index contributed by atoms with van der Waals surface area (Å²) in [5, 5.41) is 2.94. The van der Waals surface area contributed by atoms with Crippen molar-refractivity contribution in [1.29, 1.82) is 0 Å². The van der Waals surface area contributed by atoms with Crippen LogP contribution in [0.3, 0.4) is 0 Å². The minimum Gasteiger partial charge on any atom is -0.497 e. The summed E-state index contributed by atoms with van der Waals surface area (Å²) in [6, 6.07) is 23.0. The van der Waals surface area contributed by atoms with Crippen molar-refractivity contribution in [3.05, 3.63) is 101 Å². The monoisotopic (exact) mass is 458 g/mol. The summed E-state index contributed by atoms with van der Waals surface area (Å²) >= 11 is 0. The van der Waals surface area contributed by atoms with Gasteiger partial charge >= 0.3 is 0 Å². The number of methoxy groups -OCH3 is 1.